The first-order valence-corrected chi connectivity index (χ1v) is 6.03. The maximum absolute atomic E-state index is 12.1. The molecule has 2 N–H and O–H groups in total. The van der Waals surface area contributed by atoms with Crippen LogP contribution >= 0.6 is 0 Å². The van der Waals surface area contributed by atoms with Gasteiger partial charge in [-0.05, 0) is 19.3 Å². The molecule has 2 saturated heterocycles. The van der Waals surface area contributed by atoms with Gasteiger partial charge in [0.05, 0.1) is 12.7 Å². The summed E-state index contributed by atoms with van der Waals surface area (Å²) >= 11 is 0. The van der Waals surface area contributed by atoms with Crippen LogP contribution in [0.1, 0.15) is 19.3 Å². The quantitative estimate of drug-likeness (QED) is 0.707. The Labute approximate surface area is 95.9 Å². The summed E-state index contributed by atoms with van der Waals surface area (Å²) in [6.07, 6.45) is 2.76. The molecule has 1 amide bonds. The second-order valence-electron chi connectivity index (χ2n) is 4.37. The third-order valence-electron chi connectivity index (χ3n) is 3.17. The first-order chi connectivity index (χ1) is 7.81. The van der Waals surface area contributed by atoms with Gasteiger partial charge in [0, 0.05) is 26.2 Å². The Balaban J connectivity index is 1.87. The van der Waals surface area contributed by atoms with Crippen LogP contribution < -0.4 is 5.73 Å². The summed E-state index contributed by atoms with van der Waals surface area (Å²) in [4.78, 5) is 13.9. The van der Waals surface area contributed by atoms with Crippen LogP contribution in [0, 0.1) is 0 Å². The number of morpholine rings is 1. The van der Waals surface area contributed by atoms with Crippen molar-refractivity contribution in [3.63, 3.8) is 0 Å². The van der Waals surface area contributed by atoms with E-state index in [1.54, 1.807) is 0 Å². The SMILES string of the molecule is NCC1CN(C(=O)C2CCCCO2)CCO1. The van der Waals surface area contributed by atoms with Gasteiger partial charge in [-0.3, -0.25) is 4.79 Å². The molecular weight excluding hydrogens is 208 g/mol. The molecule has 0 aromatic rings. The van der Waals surface area contributed by atoms with Crippen molar-refractivity contribution in [1.82, 2.24) is 4.90 Å². The van der Waals surface area contributed by atoms with Crippen molar-refractivity contribution in [3.8, 4) is 0 Å². The molecule has 0 aliphatic carbocycles. The molecule has 2 atom stereocenters. The van der Waals surface area contributed by atoms with Crippen LogP contribution in [0.2, 0.25) is 0 Å². The van der Waals surface area contributed by atoms with Gasteiger partial charge in [0.25, 0.3) is 5.91 Å². The van der Waals surface area contributed by atoms with E-state index in [4.69, 9.17) is 15.2 Å². The van der Waals surface area contributed by atoms with Crippen LogP contribution in [-0.4, -0.2) is 55.9 Å². The van der Waals surface area contributed by atoms with E-state index in [1.807, 2.05) is 4.90 Å². The molecule has 2 rings (SSSR count). The Kier molecular flexibility index (Phi) is 4.15. The predicted octanol–water partition coefficient (Wildman–Crippen LogP) is -0.258. The average Bonchev–Trinajstić information content (AvgIpc) is 2.39. The predicted molar refractivity (Wildman–Crippen MR) is 59.0 cm³/mol. The molecule has 0 aromatic carbocycles. The van der Waals surface area contributed by atoms with Gasteiger partial charge in [-0.25, -0.2) is 0 Å². The van der Waals surface area contributed by atoms with Crippen LogP contribution in [0.25, 0.3) is 0 Å². The third kappa shape index (κ3) is 2.72. The molecule has 2 aliphatic heterocycles. The van der Waals surface area contributed by atoms with Crippen molar-refractivity contribution in [2.24, 2.45) is 5.73 Å². The summed E-state index contributed by atoms with van der Waals surface area (Å²) < 4.78 is 10.9. The maximum Gasteiger partial charge on any atom is 0.251 e. The minimum Gasteiger partial charge on any atom is -0.373 e. The standard InChI is InChI=1S/C11H20N2O3/c12-7-9-8-13(4-6-15-9)11(14)10-3-1-2-5-16-10/h9-10H,1-8,12H2. The Hall–Kier alpha value is -0.650. The molecule has 5 heteroatoms. The number of nitrogens with zero attached hydrogens (tertiary/aromatic N) is 1. The highest BCUT2D eigenvalue weighted by Gasteiger charge is 2.30. The normalized spacial score (nSPS) is 31.4. The first kappa shape index (κ1) is 11.8. The Morgan fingerprint density at radius 2 is 2.19 bits per heavy atom. The highest BCUT2D eigenvalue weighted by molar-refractivity contribution is 5.81. The van der Waals surface area contributed by atoms with E-state index >= 15 is 0 Å². The average molecular weight is 228 g/mol. The van der Waals surface area contributed by atoms with Crippen molar-refractivity contribution >= 4 is 5.91 Å². The Morgan fingerprint density at radius 1 is 1.31 bits per heavy atom. The molecule has 0 bridgehead atoms. The number of rotatable bonds is 2. The molecule has 92 valence electrons. The fourth-order valence-electron chi connectivity index (χ4n) is 2.20. The van der Waals surface area contributed by atoms with Crippen LogP contribution in [0.4, 0.5) is 0 Å². The van der Waals surface area contributed by atoms with Gasteiger partial charge in [-0.2, -0.15) is 0 Å². The number of carbonyl (C=O) groups excluding carboxylic acids is 1. The number of hydrogen-bond donors (Lipinski definition) is 1. The van der Waals surface area contributed by atoms with Gasteiger partial charge in [0.1, 0.15) is 6.10 Å². The molecule has 2 heterocycles. The highest BCUT2D eigenvalue weighted by atomic mass is 16.5. The lowest BCUT2D eigenvalue weighted by Gasteiger charge is -2.35. The molecule has 5 nitrogen and oxygen atoms in total. The number of hydrogen-bond acceptors (Lipinski definition) is 4. The van der Waals surface area contributed by atoms with Crippen LogP contribution in [0.5, 0.6) is 0 Å². The van der Waals surface area contributed by atoms with Gasteiger partial charge in [-0.15, -0.1) is 0 Å². The molecule has 0 saturated carbocycles. The second-order valence-corrected chi connectivity index (χ2v) is 4.37. The van der Waals surface area contributed by atoms with Crippen molar-refractivity contribution in [2.45, 2.75) is 31.5 Å². The zero-order valence-corrected chi connectivity index (χ0v) is 9.56. The smallest absolute Gasteiger partial charge is 0.251 e. The van der Waals surface area contributed by atoms with E-state index in [9.17, 15) is 4.79 Å². The Morgan fingerprint density at radius 3 is 2.88 bits per heavy atom. The summed E-state index contributed by atoms with van der Waals surface area (Å²) in [5.41, 5.74) is 5.55. The number of ether oxygens (including phenoxy) is 2. The fraction of sp³-hybridized carbons (Fsp3) is 0.909. The van der Waals surface area contributed by atoms with Crippen LogP contribution in [0.3, 0.4) is 0 Å². The minimum atomic E-state index is -0.231. The largest absolute Gasteiger partial charge is 0.373 e. The van der Waals surface area contributed by atoms with E-state index in [0.717, 1.165) is 19.3 Å². The molecular formula is C11H20N2O3. The lowest BCUT2D eigenvalue weighted by atomic mass is 10.1. The summed E-state index contributed by atoms with van der Waals surface area (Å²) in [6, 6.07) is 0. The second kappa shape index (κ2) is 5.61. The van der Waals surface area contributed by atoms with E-state index < -0.39 is 0 Å². The van der Waals surface area contributed by atoms with Gasteiger partial charge in [0.2, 0.25) is 0 Å². The first-order valence-electron chi connectivity index (χ1n) is 6.03. The van der Waals surface area contributed by atoms with E-state index in [2.05, 4.69) is 0 Å². The highest BCUT2D eigenvalue weighted by Crippen LogP contribution is 2.16. The summed E-state index contributed by atoms with van der Waals surface area (Å²) in [6.45, 7) is 3.03. The zero-order chi connectivity index (χ0) is 11.4. The Bertz CT molecular complexity index is 241. The van der Waals surface area contributed by atoms with E-state index in [-0.39, 0.29) is 18.1 Å². The fourth-order valence-corrected chi connectivity index (χ4v) is 2.20. The lowest BCUT2D eigenvalue weighted by Crippen LogP contribution is -2.51. The van der Waals surface area contributed by atoms with E-state index in [1.165, 1.54) is 0 Å². The van der Waals surface area contributed by atoms with Gasteiger partial charge < -0.3 is 20.1 Å². The van der Waals surface area contributed by atoms with E-state index in [0.29, 0.717) is 32.8 Å². The van der Waals surface area contributed by atoms with Crippen LogP contribution in [0.15, 0.2) is 0 Å². The third-order valence-corrected chi connectivity index (χ3v) is 3.17. The van der Waals surface area contributed by atoms with Gasteiger partial charge in [0.15, 0.2) is 0 Å². The van der Waals surface area contributed by atoms with Crippen molar-refractivity contribution in [1.29, 1.82) is 0 Å². The molecule has 0 spiro atoms. The molecule has 0 aromatic heterocycles. The zero-order valence-electron chi connectivity index (χ0n) is 9.56. The molecule has 0 radical (unpaired) electrons. The van der Waals surface area contributed by atoms with Gasteiger partial charge in [-0.1, -0.05) is 0 Å². The molecule has 2 unspecified atom stereocenters. The van der Waals surface area contributed by atoms with Crippen LogP contribution in [-0.2, 0) is 14.3 Å². The summed E-state index contributed by atoms with van der Waals surface area (Å²) in [5, 5.41) is 0. The topological polar surface area (TPSA) is 64.8 Å². The molecule has 16 heavy (non-hydrogen) atoms. The summed E-state index contributed by atoms with van der Waals surface area (Å²) in [7, 11) is 0. The van der Waals surface area contributed by atoms with Crippen molar-refractivity contribution in [3.05, 3.63) is 0 Å². The van der Waals surface area contributed by atoms with Gasteiger partial charge >= 0.3 is 0 Å². The number of nitrogens with two attached hydrogens (primary N) is 1. The number of carbonyl (C=O) groups is 1. The molecule has 2 aliphatic rings. The number of amides is 1. The van der Waals surface area contributed by atoms with Crippen molar-refractivity contribution < 1.29 is 14.3 Å². The summed E-state index contributed by atoms with van der Waals surface area (Å²) in [5.74, 6) is 0.112. The minimum absolute atomic E-state index is 0.0127. The van der Waals surface area contributed by atoms with Crippen molar-refractivity contribution in [2.75, 3.05) is 32.8 Å². The molecule has 2 fully saturated rings. The lowest BCUT2D eigenvalue weighted by molar-refractivity contribution is -0.153. The monoisotopic (exact) mass is 228 g/mol. The maximum atomic E-state index is 12.1.